The van der Waals surface area contributed by atoms with Gasteiger partial charge in [0.25, 0.3) is 0 Å². The van der Waals surface area contributed by atoms with Crippen molar-refractivity contribution in [3.8, 4) is 12.8 Å². The van der Waals surface area contributed by atoms with E-state index in [0.717, 1.165) is 31.4 Å². The summed E-state index contributed by atoms with van der Waals surface area (Å²) in [5, 5.41) is 14.7. The number of aromatic amines is 1. The van der Waals surface area contributed by atoms with Crippen LogP contribution in [0.4, 0.5) is 0 Å². The maximum atomic E-state index is 13.3. The Balaban J connectivity index is 0.00000153. The molecule has 7 nitrogen and oxygen atoms in total. The summed E-state index contributed by atoms with van der Waals surface area (Å²) >= 11 is 0. The third kappa shape index (κ3) is 3.53. The molecule has 2 aromatic rings. The molecule has 1 saturated carbocycles. The van der Waals surface area contributed by atoms with Crippen molar-refractivity contribution >= 4 is 10.9 Å². The smallest absolute Gasteiger partial charge is 0.188 e. The van der Waals surface area contributed by atoms with Crippen LogP contribution in [0.2, 0.25) is 0 Å². The van der Waals surface area contributed by atoms with E-state index in [2.05, 4.69) is 104 Å². The Morgan fingerprint density at radius 2 is 1.72 bits per heavy atom. The average molecular weight is 628 g/mol. The highest BCUT2D eigenvalue weighted by Crippen LogP contribution is 2.75. The number of fused-ring (bicyclic) bond motifs is 9. The number of terminal acetylenes is 1. The average Bonchev–Trinajstić information content (AvgIpc) is 3.83. The first-order valence-electron chi connectivity index (χ1n) is 17.1. The first-order chi connectivity index (χ1) is 21.7. The van der Waals surface area contributed by atoms with E-state index >= 15 is 0 Å². The van der Waals surface area contributed by atoms with Crippen molar-refractivity contribution in [2.45, 2.75) is 146 Å². The van der Waals surface area contributed by atoms with Crippen molar-refractivity contribution in [2.24, 2.45) is 11.3 Å². The third-order valence-electron chi connectivity index (χ3n) is 13.3. The molecule has 7 unspecified atom stereocenters. The highest BCUT2D eigenvalue weighted by atomic mass is 16.8. The largest absolute Gasteiger partial charge is 0.486 e. The van der Waals surface area contributed by atoms with E-state index in [0.29, 0.717) is 12.3 Å². The van der Waals surface area contributed by atoms with Gasteiger partial charge >= 0.3 is 0 Å². The summed E-state index contributed by atoms with van der Waals surface area (Å²) < 4.78 is 32.7. The predicted molar refractivity (Wildman–Crippen MR) is 176 cm³/mol. The van der Waals surface area contributed by atoms with Gasteiger partial charge in [-0.25, -0.2) is 0 Å². The molecule has 0 bridgehead atoms. The number of nitrogens with one attached hydrogen (secondary N) is 1. The summed E-state index contributed by atoms with van der Waals surface area (Å²) in [5.74, 6) is 1.21. The van der Waals surface area contributed by atoms with Gasteiger partial charge in [-0.1, -0.05) is 37.6 Å². The molecule has 2 N–H and O–H groups in total. The summed E-state index contributed by atoms with van der Waals surface area (Å²) in [5.41, 5.74) is 3.00. The van der Waals surface area contributed by atoms with Gasteiger partial charge in [0.15, 0.2) is 18.0 Å². The van der Waals surface area contributed by atoms with Crippen LogP contribution in [0.5, 0.6) is 0 Å². The fraction of sp³-hybridized carbons (Fsp3) is 0.641. The lowest BCUT2D eigenvalue weighted by molar-refractivity contribution is -0.332. The standard InChI is InChI=1S/C37H47NO6.C2H2/c1-19(2)12-13-20-10-9-11-23-25(20)22-18-21-14-17-36(39)34(7,35(21,8)27(22)38-23)16-15-24-37(36)29(43-37)26-28(40-24)32(3,4)44-31(41-26)30-33(5,6)42-30;1-2/h9-12,15,21,26,28-31,38-39H,13-14,16-18H2,1-8H3;1-2H/t21-,26?,28?,29?,30?,31?,34+,35+,36?,37?;/m0./s1. The zero-order valence-corrected chi connectivity index (χ0v) is 28.5. The van der Waals surface area contributed by atoms with Crippen LogP contribution in [-0.2, 0) is 41.9 Å². The van der Waals surface area contributed by atoms with Gasteiger partial charge in [0.1, 0.15) is 35.3 Å². The lowest BCUT2D eigenvalue weighted by atomic mass is 9.42. The van der Waals surface area contributed by atoms with Crippen molar-refractivity contribution in [1.82, 2.24) is 4.98 Å². The Bertz CT molecular complexity index is 1710. The second kappa shape index (κ2) is 9.30. The Kier molecular flexibility index (Phi) is 6.21. The van der Waals surface area contributed by atoms with E-state index in [1.807, 2.05) is 0 Å². The van der Waals surface area contributed by atoms with Gasteiger partial charge in [-0.05, 0) is 103 Å². The maximum Gasteiger partial charge on any atom is 0.188 e. The van der Waals surface area contributed by atoms with Gasteiger partial charge in [0.2, 0.25) is 0 Å². The SMILES string of the molecule is C#C.CC(C)=CCc1cccc2[nH]c3c(c12)C[C@@H]1CCC2(O)C45OC4C4OC(C6OC6(C)C)OC(C)(C)C4OC5=CC[C@]2(C)[C@@]31C. The van der Waals surface area contributed by atoms with Crippen LogP contribution in [0.1, 0.15) is 91.5 Å². The molecule has 1 aromatic heterocycles. The number of H-pyrrole nitrogens is 1. The molecule has 246 valence electrons. The van der Waals surface area contributed by atoms with Gasteiger partial charge in [-0.3, -0.25) is 0 Å². The molecular formula is C39H49NO6. The van der Waals surface area contributed by atoms with Crippen LogP contribution < -0.4 is 0 Å². The van der Waals surface area contributed by atoms with Crippen LogP contribution in [-0.4, -0.2) is 63.2 Å². The normalized spacial score (nSPS) is 44.7. The number of hydrogen-bond acceptors (Lipinski definition) is 6. The third-order valence-corrected chi connectivity index (χ3v) is 13.3. The van der Waals surface area contributed by atoms with Crippen molar-refractivity contribution in [3.63, 3.8) is 0 Å². The Hall–Kier alpha value is -2.60. The first-order valence-corrected chi connectivity index (χ1v) is 17.1. The van der Waals surface area contributed by atoms with Crippen LogP contribution in [0, 0.1) is 24.2 Å². The van der Waals surface area contributed by atoms with E-state index in [1.54, 1.807) is 0 Å². The molecule has 46 heavy (non-hydrogen) atoms. The Morgan fingerprint density at radius 1 is 1.00 bits per heavy atom. The van der Waals surface area contributed by atoms with Crippen LogP contribution in [0.25, 0.3) is 10.9 Å². The predicted octanol–water partition coefficient (Wildman–Crippen LogP) is 6.41. The molecule has 4 aliphatic heterocycles. The molecule has 7 aliphatic rings. The molecule has 10 atom stereocenters. The summed E-state index contributed by atoms with van der Waals surface area (Å²) in [6, 6.07) is 6.67. The number of aromatic nitrogens is 1. The summed E-state index contributed by atoms with van der Waals surface area (Å²) in [6.45, 7) is 17.3. The van der Waals surface area contributed by atoms with Crippen LogP contribution in [0.3, 0.4) is 0 Å². The minimum Gasteiger partial charge on any atom is -0.486 e. The van der Waals surface area contributed by atoms with E-state index in [9.17, 15) is 5.11 Å². The first kappa shape index (κ1) is 30.7. The van der Waals surface area contributed by atoms with E-state index in [1.165, 1.54) is 33.3 Å². The fourth-order valence-corrected chi connectivity index (χ4v) is 10.5. The van der Waals surface area contributed by atoms with Gasteiger partial charge in [-0.15, -0.1) is 12.8 Å². The molecule has 9 rings (SSSR count). The quantitative estimate of drug-likeness (QED) is 0.232. The fourth-order valence-electron chi connectivity index (χ4n) is 10.5. The Labute approximate surface area is 273 Å². The maximum absolute atomic E-state index is 13.3. The minimum absolute atomic E-state index is 0.135. The van der Waals surface area contributed by atoms with Gasteiger partial charge in [0, 0.05) is 27.4 Å². The lowest BCUT2D eigenvalue weighted by Crippen LogP contribution is -2.74. The summed E-state index contributed by atoms with van der Waals surface area (Å²) in [4.78, 5) is 3.93. The molecule has 5 heterocycles. The van der Waals surface area contributed by atoms with Crippen molar-refractivity contribution in [1.29, 1.82) is 0 Å². The highest BCUT2D eigenvalue weighted by Gasteiger charge is 2.86. The number of benzene rings is 1. The van der Waals surface area contributed by atoms with E-state index in [4.69, 9.17) is 23.7 Å². The van der Waals surface area contributed by atoms with Crippen LogP contribution >= 0.6 is 0 Å². The summed E-state index contributed by atoms with van der Waals surface area (Å²) in [7, 11) is 0. The van der Waals surface area contributed by atoms with E-state index in [-0.39, 0.29) is 35.4 Å². The van der Waals surface area contributed by atoms with Gasteiger partial charge < -0.3 is 33.8 Å². The molecule has 0 amide bonds. The van der Waals surface area contributed by atoms with Crippen molar-refractivity contribution in [2.75, 3.05) is 0 Å². The number of ether oxygens (including phenoxy) is 5. The molecule has 1 aromatic carbocycles. The zero-order chi connectivity index (χ0) is 32.8. The number of rotatable bonds is 3. The van der Waals surface area contributed by atoms with Crippen LogP contribution in [0.15, 0.2) is 41.7 Å². The second-order valence-corrected chi connectivity index (χ2v) is 16.6. The molecule has 0 radical (unpaired) electrons. The minimum atomic E-state index is -1.12. The molecular weight excluding hydrogens is 578 g/mol. The second-order valence-electron chi connectivity index (χ2n) is 16.6. The molecule has 5 fully saturated rings. The zero-order valence-electron chi connectivity index (χ0n) is 28.5. The van der Waals surface area contributed by atoms with Crippen molar-refractivity contribution in [3.05, 3.63) is 58.5 Å². The monoisotopic (exact) mass is 627 g/mol. The number of allylic oxidation sites excluding steroid dienone is 3. The topological polar surface area (TPSA) is 88.8 Å². The number of aliphatic hydroxyl groups is 1. The molecule has 7 heteroatoms. The molecule has 4 saturated heterocycles. The molecule has 3 aliphatic carbocycles. The van der Waals surface area contributed by atoms with Crippen molar-refractivity contribution < 1.29 is 28.8 Å². The summed E-state index contributed by atoms with van der Waals surface area (Å²) in [6.07, 6.45) is 15.2. The molecule has 1 spiro atoms. The van der Waals surface area contributed by atoms with Gasteiger partial charge in [-0.2, -0.15) is 0 Å². The highest BCUT2D eigenvalue weighted by molar-refractivity contribution is 5.89. The lowest BCUT2D eigenvalue weighted by Gasteiger charge is -2.64. The number of hydrogen-bond donors (Lipinski definition) is 2. The number of epoxide rings is 2. The van der Waals surface area contributed by atoms with Gasteiger partial charge in [0.05, 0.1) is 5.60 Å². The Morgan fingerprint density at radius 3 is 2.41 bits per heavy atom. The van der Waals surface area contributed by atoms with E-state index < -0.39 is 28.5 Å².